The van der Waals surface area contributed by atoms with Gasteiger partial charge in [0.25, 0.3) is 5.91 Å². The highest BCUT2D eigenvalue weighted by molar-refractivity contribution is 5.77. The van der Waals surface area contributed by atoms with E-state index in [4.69, 9.17) is 10.00 Å². The number of quaternary nitrogens is 1. The number of hydrogen-bond donors (Lipinski definition) is 2. The highest BCUT2D eigenvalue weighted by atomic mass is 16.5. The number of rotatable bonds is 6. The van der Waals surface area contributed by atoms with Crippen LogP contribution in [0, 0.1) is 11.3 Å². The van der Waals surface area contributed by atoms with Gasteiger partial charge in [0, 0.05) is 12.8 Å². The molecule has 0 atom stereocenters. The molecular weight excluding hydrogens is 326 g/mol. The second-order valence-electron chi connectivity index (χ2n) is 7.68. The van der Waals surface area contributed by atoms with E-state index in [0.717, 1.165) is 6.54 Å². The Balaban J connectivity index is 1.55. The van der Waals surface area contributed by atoms with Crippen LogP contribution in [-0.2, 0) is 4.79 Å². The molecule has 1 amide bonds. The molecular formula is C21H30N3O2+. The Labute approximate surface area is 156 Å². The first-order chi connectivity index (χ1) is 12.7. The average molecular weight is 356 g/mol. The Bertz CT molecular complexity index is 641. The van der Waals surface area contributed by atoms with Gasteiger partial charge in [-0.25, -0.2) is 0 Å². The smallest absolute Gasteiger partial charge is 0.258 e. The van der Waals surface area contributed by atoms with Crippen LogP contribution in [0.2, 0.25) is 0 Å². The summed E-state index contributed by atoms with van der Waals surface area (Å²) in [5, 5.41) is 12.2. The zero-order chi connectivity index (χ0) is 18.2. The van der Waals surface area contributed by atoms with Crippen molar-refractivity contribution in [1.29, 1.82) is 5.26 Å². The number of hydrogen-bond acceptors (Lipinski definition) is 3. The second-order valence-corrected chi connectivity index (χ2v) is 7.68. The van der Waals surface area contributed by atoms with Crippen LogP contribution in [0.3, 0.4) is 0 Å². The first-order valence-electron chi connectivity index (χ1n) is 9.97. The Morgan fingerprint density at radius 3 is 2.54 bits per heavy atom. The minimum Gasteiger partial charge on any atom is -0.482 e. The third kappa shape index (κ3) is 4.56. The molecule has 2 fully saturated rings. The number of carbonyl (C=O) groups excluding carboxylic acids is 1. The molecule has 2 N–H and O–H groups in total. The fourth-order valence-electron chi connectivity index (χ4n) is 4.54. The topological polar surface area (TPSA) is 66.6 Å². The molecule has 1 aromatic carbocycles. The molecule has 1 heterocycles. The third-order valence-electron chi connectivity index (χ3n) is 6.01. The van der Waals surface area contributed by atoms with Gasteiger partial charge in [-0.15, -0.1) is 0 Å². The van der Waals surface area contributed by atoms with Crippen LogP contribution in [0.5, 0.6) is 5.75 Å². The van der Waals surface area contributed by atoms with E-state index in [-0.39, 0.29) is 18.1 Å². The van der Waals surface area contributed by atoms with E-state index in [1.54, 1.807) is 23.1 Å². The minimum absolute atomic E-state index is 0.0376. The maximum absolute atomic E-state index is 12.4. The molecule has 1 saturated carbocycles. The van der Waals surface area contributed by atoms with Crippen molar-refractivity contribution in [1.82, 2.24) is 5.32 Å². The number of nitriles is 1. The van der Waals surface area contributed by atoms with E-state index in [0.29, 0.717) is 11.3 Å². The summed E-state index contributed by atoms with van der Waals surface area (Å²) < 4.78 is 5.57. The fourth-order valence-corrected chi connectivity index (χ4v) is 4.54. The predicted molar refractivity (Wildman–Crippen MR) is 100 cm³/mol. The van der Waals surface area contributed by atoms with Crippen molar-refractivity contribution in [2.75, 3.05) is 26.2 Å². The molecule has 0 bridgehead atoms. The van der Waals surface area contributed by atoms with Crippen molar-refractivity contribution in [3.63, 3.8) is 0 Å². The molecule has 5 heteroatoms. The first-order valence-corrected chi connectivity index (χ1v) is 9.97. The van der Waals surface area contributed by atoms with Gasteiger partial charge in [-0.1, -0.05) is 18.6 Å². The molecule has 2 aliphatic rings. The Morgan fingerprint density at radius 1 is 1.12 bits per heavy atom. The molecule has 0 radical (unpaired) electrons. The lowest BCUT2D eigenvalue weighted by Crippen LogP contribution is -3.22. The number of nitrogens with zero attached hydrogens (tertiary/aromatic N) is 1. The summed E-state index contributed by atoms with van der Waals surface area (Å²) in [5.41, 5.74) is 0.667. The van der Waals surface area contributed by atoms with Crippen molar-refractivity contribution < 1.29 is 14.4 Å². The van der Waals surface area contributed by atoms with Crippen molar-refractivity contribution in [3.05, 3.63) is 29.8 Å². The fraction of sp³-hybridized carbons (Fsp3) is 0.619. The number of nitrogens with one attached hydrogen (secondary N) is 2. The molecule has 0 aromatic heterocycles. The summed E-state index contributed by atoms with van der Waals surface area (Å²) in [4.78, 5) is 14.0. The SMILES string of the molecule is N#Cc1ccccc1OCC(=O)NCC1([NH+]2CCCCC2)CCCCC1. The van der Waals surface area contributed by atoms with Gasteiger partial charge >= 0.3 is 0 Å². The Hall–Kier alpha value is -2.06. The van der Waals surface area contributed by atoms with Gasteiger partial charge in [0.2, 0.25) is 0 Å². The number of amides is 1. The van der Waals surface area contributed by atoms with Crippen molar-refractivity contribution in [2.45, 2.75) is 56.9 Å². The van der Waals surface area contributed by atoms with Crippen LogP contribution in [-0.4, -0.2) is 37.7 Å². The summed E-state index contributed by atoms with van der Waals surface area (Å²) in [5.74, 6) is 0.373. The lowest BCUT2D eigenvalue weighted by atomic mass is 9.79. The normalized spacial score (nSPS) is 20.1. The standard InChI is InChI=1S/C21H29N3O2/c22-15-18-9-3-4-10-19(18)26-16-20(25)23-17-21(11-5-1-6-12-21)24-13-7-2-8-14-24/h3-4,9-10H,1-2,5-8,11-14,16-17H2,(H,23,25)/p+1. The highest BCUT2D eigenvalue weighted by Gasteiger charge is 2.42. The summed E-state index contributed by atoms with van der Waals surface area (Å²) in [7, 11) is 0. The van der Waals surface area contributed by atoms with E-state index in [2.05, 4.69) is 11.4 Å². The van der Waals surface area contributed by atoms with Crippen LogP contribution < -0.4 is 15.0 Å². The minimum atomic E-state index is -0.0981. The van der Waals surface area contributed by atoms with Gasteiger partial charge in [0.1, 0.15) is 17.4 Å². The summed E-state index contributed by atoms with van der Waals surface area (Å²) >= 11 is 0. The molecule has 26 heavy (non-hydrogen) atoms. The Kier molecular flexibility index (Phi) is 6.51. The average Bonchev–Trinajstić information content (AvgIpc) is 2.72. The maximum atomic E-state index is 12.4. The van der Waals surface area contributed by atoms with Crippen LogP contribution in [0.1, 0.15) is 56.9 Å². The molecule has 140 valence electrons. The monoisotopic (exact) mass is 356 g/mol. The lowest BCUT2D eigenvalue weighted by Gasteiger charge is -2.45. The maximum Gasteiger partial charge on any atom is 0.258 e. The van der Waals surface area contributed by atoms with Gasteiger partial charge < -0.3 is 15.0 Å². The molecule has 5 nitrogen and oxygen atoms in total. The number of para-hydroxylation sites is 1. The molecule has 1 aliphatic carbocycles. The molecule has 1 aliphatic heterocycles. The predicted octanol–water partition coefficient (Wildman–Crippen LogP) is 1.82. The lowest BCUT2D eigenvalue weighted by molar-refractivity contribution is -0.957. The number of likely N-dealkylation sites (tertiary alicyclic amines) is 1. The van der Waals surface area contributed by atoms with Gasteiger partial charge in [-0.3, -0.25) is 4.79 Å². The number of piperidine rings is 1. The van der Waals surface area contributed by atoms with Crippen LogP contribution in [0.15, 0.2) is 24.3 Å². The van der Waals surface area contributed by atoms with Crippen molar-refractivity contribution in [3.8, 4) is 11.8 Å². The van der Waals surface area contributed by atoms with E-state index in [9.17, 15) is 4.79 Å². The van der Waals surface area contributed by atoms with E-state index >= 15 is 0 Å². The van der Waals surface area contributed by atoms with E-state index in [1.165, 1.54) is 64.5 Å². The van der Waals surface area contributed by atoms with E-state index in [1.807, 2.05) is 6.07 Å². The molecule has 1 saturated heterocycles. The number of ether oxygens (including phenoxy) is 1. The largest absolute Gasteiger partial charge is 0.482 e. The number of benzene rings is 1. The quantitative estimate of drug-likeness (QED) is 0.817. The molecule has 0 spiro atoms. The number of carbonyl (C=O) groups is 1. The van der Waals surface area contributed by atoms with E-state index < -0.39 is 0 Å². The van der Waals surface area contributed by atoms with Crippen LogP contribution >= 0.6 is 0 Å². The van der Waals surface area contributed by atoms with Crippen LogP contribution in [0.25, 0.3) is 0 Å². The summed E-state index contributed by atoms with van der Waals surface area (Å²) in [6, 6.07) is 9.12. The van der Waals surface area contributed by atoms with Crippen molar-refractivity contribution in [2.24, 2.45) is 0 Å². The van der Waals surface area contributed by atoms with Gasteiger partial charge in [-0.05, 0) is 44.2 Å². The molecule has 1 aromatic rings. The second kappa shape index (κ2) is 9.05. The van der Waals surface area contributed by atoms with Gasteiger partial charge in [0.05, 0.1) is 25.2 Å². The van der Waals surface area contributed by atoms with Gasteiger partial charge in [0.15, 0.2) is 6.61 Å². The van der Waals surface area contributed by atoms with Crippen LogP contribution in [0.4, 0.5) is 0 Å². The van der Waals surface area contributed by atoms with Gasteiger partial charge in [-0.2, -0.15) is 5.26 Å². The zero-order valence-electron chi connectivity index (χ0n) is 15.6. The summed E-state index contributed by atoms with van der Waals surface area (Å²) in [6.07, 6.45) is 10.2. The Morgan fingerprint density at radius 2 is 1.81 bits per heavy atom. The highest BCUT2D eigenvalue weighted by Crippen LogP contribution is 2.26. The summed E-state index contributed by atoms with van der Waals surface area (Å²) in [6.45, 7) is 3.18. The molecule has 0 unspecified atom stereocenters. The van der Waals surface area contributed by atoms with Crippen molar-refractivity contribution >= 4 is 5.91 Å². The first kappa shape index (κ1) is 18.7. The third-order valence-corrected chi connectivity index (χ3v) is 6.01. The zero-order valence-corrected chi connectivity index (χ0v) is 15.6. The molecule has 3 rings (SSSR count).